The highest BCUT2D eigenvalue weighted by molar-refractivity contribution is 7.59. The van der Waals surface area contributed by atoms with Crippen molar-refractivity contribution in [3.05, 3.63) is 35.4 Å². The number of ether oxygens (including phenoxy) is 1. The summed E-state index contributed by atoms with van der Waals surface area (Å²) in [7, 11) is -2.62. The predicted octanol–water partition coefficient (Wildman–Crippen LogP) is 3.16. The molecular formula is C15H22O5P+. The van der Waals surface area contributed by atoms with Crippen molar-refractivity contribution in [1.82, 2.24) is 0 Å². The largest absolute Gasteiger partial charge is 0.456 e. The molecule has 21 heavy (non-hydrogen) atoms. The zero-order valence-electron chi connectivity index (χ0n) is 12.8. The van der Waals surface area contributed by atoms with Gasteiger partial charge >= 0.3 is 13.9 Å². The second kappa shape index (κ2) is 6.01. The Hall–Kier alpha value is -1.00. The molecule has 116 valence electrons. The van der Waals surface area contributed by atoms with Crippen LogP contribution in [0.5, 0.6) is 0 Å². The summed E-state index contributed by atoms with van der Waals surface area (Å²) in [4.78, 5) is 21.6. The van der Waals surface area contributed by atoms with Crippen molar-refractivity contribution in [2.24, 2.45) is 0 Å². The molecule has 0 unspecified atom stereocenters. The first-order valence-electron chi connectivity index (χ1n) is 6.88. The van der Waals surface area contributed by atoms with E-state index in [0.29, 0.717) is 18.8 Å². The molecule has 1 N–H and O–H groups in total. The van der Waals surface area contributed by atoms with Crippen molar-refractivity contribution in [3.8, 4) is 0 Å². The van der Waals surface area contributed by atoms with Crippen LogP contribution in [-0.2, 0) is 13.8 Å². The minimum Gasteiger partial charge on any atom is -0.456 e. The Morgan fingerprint density at radius 3 is 2.24 bits per heavy atom. The summed E-state index contributed by atoms with van der Waals surface area (Å²) in [5, 5.41) is 0. The van der Waals surface area contributed by atoms with Crippen LogP contribution in [0.3, 0.4) is 0 Å². The van der Waals surface area contributed by atoms with Crippen LogP contribution in [-0.4, -0.2) is 36.3 Å². The van der Waals surface area contributed by atoms with Gasteiger partial charge in [-0.05, 0) is 38.5 Å². The van der Waals surface area contributed by atoms with Gasteiger partial charge in [-0.2, -0.15) is 13.9 Å². The Balaban J connectivity index is 2.01. The van der Waals surface area contributed by atoms with Crippen LogP contribution >= 0.6 is 7.94 Å². The summed E-state index contributed by atoms with van der Waals surface area (Å²) in [6.45, 7) is 7.94. The van der Waals surface area contributed by atoms with Gasteiger partial charge in [0, 0.05) is 5.92 Å². The van der Waals surface area contributed by atoms with E-state index in [-0.39, 0.29) is 11.9 Å². The maximum absolute atomic E-state index is 11.9. The fourth-order valence-corrected chi connectivity index (χ4v) is 2.95. The number of carbonyl (C=O) groups is 1. The van der Waals surface area contributed by atoms with Gasteiger partial charge in [-0.1, -0.05) is 12.1 Å². The molecule has 1 heterocycles. The molecule has 2 rings (SSSR count). The van der Waals surface area contributed by atoms with E-state index in [0.717, 1.165) is 5.56 Å². The molecule has 0 spiro atoms. The lowest BCUT2D eigenvalue weighted by atomic mass is 9.99. The third-order valence-electron chi connectivity index (χ3n) is 3.05. The minimum atomic E-state index is -2.62. The highest BCUT2D eigenvalue weighted by atomic mass is 31.2. The minimum absolute atomic E-state index is 0.0675. The van der Waals surface area contributed by atoms with Crippen LogP contribution in [0.1, 0.15) is 42.6 Å². The van der Waals surface area contributed by atoms with E-state index in [1.165, 1.54) is 0 Å². The zero-order valence-corrected chi connectivity index (χ0v) is 13.7. The molecule has 6 heteroatoms. The van der Waals surface area contributed by atoms with E-state index >= 15 is 0 Å². The molecule has 0 bridgehead atoms. The fourth-order valence-electron chi connectivity index (χ4n) is 1.96. The third kappa shape index (κ3) is 4.75. The Labute approximate surface area is 125 Å². The van der Waals surface area contributed by atoms with E-state index < -0.39 is 13.5 Å². The van der Waals surface area contributed by atoms with Crippen LogP contribution in [0.25, 0.3) is 0 Å². The zero-order chi connectivity index (χ0) is 15.7. The summed E-state index contributed by atoms with van der Waals surface area (Å²) >= 11 is 0. The summed E-state index contributed by atoms with van der Waals surface area (Å²) in [6, 6.07) is 7.22. The molecule has 1 aromatic rings. The maximum atomic E-state index is 11.9. The van der Waals surface area contributed by atoms with E-state index in [9.17, 15) is 9.69 Å². The topological polar surface area (TPSA) is 65.0 Å². The molecule has 0 aliphatic carbocycles. The van der Waals surface area contributed by atoms with Gasteiger partial charge in [0.2, 0.25) is 0 Å². The second-order valence-corrected chi connectivity index (χ2v) is 8.34. The summed E-state index contributed by atoms with van der Waals surface area (Å²) < 4.78 is 16.0. The van der Waals surface area contributed by atoms with Crippen LogP contribution in [0.4, 0.5) is 0 Å². The van der Waals surface area contributed by atoms with Gasteiger partial charge in [-0.3, -0.25) is 0 Å². The van der Waals surface area contributed by atoms with Gasteiger partial charge in [-0.15, -0.1) is 0 Å². The third-order valence-corrected chi connectivity index (χ3v) is 4.30. The van der Waals surface area contributed by atoms with Crippen LogP contribution in [0.2, 0.25) is 0 Å². The molecule has 1 aromatic carbocycles. The van der Waals surface area contributed by atoms with E-state index in [2.05, 4.69) is 0 Å². The van der Waals surface area contributed by atoms with Gasteiger partial charge in [0.1, 0.15) is 25.5 Å². The van der Waals surface area contributed by atoms with Crippen LogP contribution in [0.15, 0.2) is 24.3 Å². The number of carbonyl (C=O) groups excluding carboxylic acids is 1. The Morgan fingerprint density at radius 2 is 1.76 bits per heavy atom. The molecule has 1 aliphatic heterocycles. The highest BCUT2D eigenvalue weighted by Gasteiger charge is 2.40. The smallest absolute Gasteiger partial charge is 0.405 e. The van der Waals surface area contributed by atoms with Gasteiger partial charge in [0.05, 0.1) is 5.56 Å². The van der Waals surface area contributed by atoms with Crippen molar-refractivity contribution < 1.29 is 23.5 Å². The fraction of sp³-hybridized carbons (Fsp3) is 0.533. The molecule has 1 fully saturated rings. The standard InChI is InChI=1S/C15H22O5P/c1-15(2,3)20-14(16)12-7-5-11(6-8-12)13-9-18-21(4,17)19-10-13/h5-8,13,17H,9-10H2,1-4H3/q+1. The summed E-state index contributed by atoms with van der Waals surface area (Å²) in [5.41, 5.74) is 1.03. The molecule has 0 radical (unpaired) electrons. The van der Waals surface area contributed by atoms with Crippen LogP contribution in [0, 0.1) is 0 Å². The molecule has 0 saturated carbocycles. The SMILES string of the molecule is CC(C)(C)OC(=O)c1ccc(C2CO[P+](C)(O)OC2)cc1. The lowest BCUT2D eigenvalue weighted by molar-refractivity contribution is 0.00695. The maximum Gasteiger partial charge on any atom is 0.405 e. The van der Waals surface area contributed by atoms with Gasteiger partial charge in [0.15, 0.2) is 0 Å². The van der Waals surface area contributed by atoms with Gasteiger partial charge in [-0.25, -0.2) is 4.79 Å². The average Bonchev–Trinajstić information content (AvgIpc) is 2.37. The lowest BCUT2D eigenvalue weighted by Crippen LogP contribution is -2.24. The van der Waals surface area contributed by atoms with Gasteiger partial charge < -0.3 is 4.74 Å². The monoisotopic (exact) mass is 313 g/mol. The first-order chi connectivity index (χ1) is 9.66. The normalized spacial score (nSPS) is 26.4. The van der Waals surface area contributed by atoms with Crippen molar-refractivity contribution in [2.45, 2.75) is 32.3 Å². The van der Waals surface area contributed by atoms with E-state index in [1.54, 1.807) is 18.8 Å². The number of esters is 1. The van der Waals surface area contributed by atoms with Crippen molar-refractivity contribution in [1.29, 1.82) is 0 Å². The molecule has 0 amide bonds. The highest BCUT2D eigenvalue weighted by Crippen LogP contribution is 2.56. The number of benzene rings is 1. The Morgan fingerprint density at radius 1 is 1.24 bits per heavy atom. The quantitative estimate of drug-likeness (QED) is 0.671. The first kappa shape index (κ1) is 16.4. The lowest BCUT2D eigenvalue weighted by Gasteiger charge is -2.25. The molecule has 0 atom stereocenters. The summed E-state index contributed by atoms with van der Waals surface area (Å²) in [5.74, 6) is -0.267. The molecule has 1 aliphatic rings. The Bertz CT molecular complexity index is 494. The average molecular weight is 313 g/mol. The Kier molecular flexibility index (Phi) is 4.69. The van der Waals surface area contributed by atoms with Crippen molar-refractivity contribution in [3.63, 3.8) is 0 Å². The molecule has 5 nitrogen and oxygen atoms in total. The van der Waals surface area contributed by atoms with Crippen molar-refractivity contribution >= 4 is 13.9 Å². The van der Waals surface area contributed by atoms with Crippen molar-refractivity contribution in [2.75, 3.05) is 19.9 Å². The molecule has 1 saturated heterocycles. The van der Waals surface area contributed by atoms with E-state index in [4.69, 9.17) is 13.8 Å². The number of hydrogen-bond donors (Lipinski definition) is 1. The number of rotatable bonds is 2. The predicted molar refractivity (Wildman–Crippen MR) is 81.3 cm³/mol. The van der Waals surface area contributed by atoms with Gasteiger partial charge in [0.25, 0.3) is 0 Å². The molecular weight excluding hydrogens is 291 g/mol. The first-order valence-corrected chi connectivity index (χ1v) is 8.90. The summed E-state index contributed by atoms with van der Waals surface area (Å²) in [6.07, 6.45) is 0. The number of hydrogen-bond acceptors (Lipinski definition) is 5. The second-order valence-electron chi connectivity index (χ2n) is 6.22. The van der Waals surface area contributed by atoms with E-state index in [1.807, 2.05) is 32.9 Å². The van der Waals surface area contributed by atoms with Crippen LogP contribution < -0.4 is 0 Å². The molecule has 0 aromatic heterocycles.